The summed E-state index contributed by atoms with van der Waals surface area (Å²) in [6.45, 7) is 7.14. The van der Waals surface area contributed by atoms with Crippen molar-refractivity contribution in [3.05, 3.63) is 63.7 Å². The zero-order chi connectivity index (χ0) is 23.6. The Morgan fingerprint density at radius 2 is 1.94 bits per heavy atom. The van der Waals surface area contributed by atoms with Gasteiger partial charge in [-0.1, -0.05) is 12.1 Å². The van der Waals surface area contributed by atoms with Crippen molar-refractivity contribution in [3.63, 3.8) is 0 Å². The highest BCUT2D eigenvalue weighted by molar-refractivity contribution is 5.85. The second-order valence-electron chi connectivity index (χ2n) is 8.02. The van der Waals surface area contributed by atoms with Crippen LogP contribution in [0, 0.1) is 17.0 Å². The first-order valence-electron chi connectivity index (χ1n) is 10.2. The fourth-order valence-electron chi connectivity index (χ4n) is 3.90. The van der Waals surface area contributed by atoms with E-state index in [4.69, 9.17) is 0 Å². The van der Waals surface area contributed by atoms with Gasteiger partial charge in [-0.2, -0.15) is 13.2 Å². The number of hydrogen-bond donors (Lipinski definition) is 1. The number of alkyl halides is 3. The number of nitro benzene ring substituents is 1. The Morgan fingerprint density at radius 1 is 1.22 bits per heavy atom. The van der Waals surface area contributed by atoms with Crippen molar-refractivity contribution in [2.75, 3.05) is 29.9 Å². The summed E-state index contributed by atoms with van der Waals surface area (Å²) in [5.74, 6) is -0.269. The van der Waals surface area contributed by atoms with Crippen molar-refractivity contribution in [2.24, 2.45) is 0 Å². The maximum Gasteiger partial charge on any atom is 0.416 e. The van der Waals surface area contributed by atoms with E-state index in [-0.39, 0.29) is 17.6 Å². The fraction of sp³-hybridized carbons (Fsp3) is 0.409. The molecule has 2 aromatic rings. The smallest absolute Gasteiger partial charge is 0.368 e. The second-order valence-corrected chi connectivity index (χ2v) is 8.02. The van der Waals surface area contributed by atoms with Gasteiger partial charge in [-0.3, -0.25) is 14.9 Å². The van der Waals surface area contributed by atoms with Gasteiger partial charge in [0.2, 0.25) is 5.91 Å². The van der Waals surface area contributed by atoms with Crippen LogP contribution in [0.25, 0.3) is 0 Å². The Balaban J connectivity index is 1.70. The number of anilines is 2. The third-order valence-corrected chi connectivity index (χ3v) is 5.54. The summed E-state index contributed by atoms with van der Waals surface area (Å²) in [6.07, 6.45) is -4.70. The molecule has 0 radical (unpaired) electrons. The molecular weight excluding hydrogens is 425 g/mol. The van der Waals surface area contributed by atoms with Crippen molar-refractivity contribution in [3.8, 4) is 0 Å². The van der Waals surface area contributed by atoms with Gasteiger partial charge in [0, 0.05) is 37.4 Å². The summed E-state index contributed by atoms with van der Waals surface area (Å²) in [5.41, 5.74) is 0.252. The molecule has 1 aliphatic heterocycles. The molecule has 2 atom stereocenters. The van der Waals surface area contributed by atoms with Crippen LogP contribution in [0.3, 0.4) is 0 Å². The molecule has 0 aliphatic carbocycles. The average molecular weight is 450 g/mol. The molecule has 1 N–H and O–H groups in total. The Bertz CT molecular complexity index is 1010. The summed E-state index contributed by atoms with van der Waals surface area (Å²) in [7, 11) is 0. The molecule has 0 spiro atoms. The Hall–Kier alpha value is -3.30. The van der Waals surface area contributed by atoms with E-state index in [0.717, 1.165) is 23.4 Å². The molecule has 0 saturated carbocycles. The van der Waals surface area contributed by atoms with Crippen molar-refractivity contribution >= 4 is 23.0 Å². The number of nitrogens with zero attached hydrogens (tertiary/aromatic N) is 3. The molecule has 0 aromatic heterocycles. The highest BCUT2D eigenvalue weighted by atomic mass is 19.4. The Morgan fingerprint density at radius 3 is 2.53 bits per heavy atom. The maximum absolute atomic E-state index is 12.9. The lowest BCUT2D eigenvalue weighted by molar-refractivity contribution is -0.384. The number of amides is 1. The van der Waals surface area contributed by atoms with Crippen LogP contribution in [0.4, 0.5) is 30.2 Å². The third-order valence-electron chi connectivity index (χ3n) is 5.54. The SMILES string of the molecule is Cc1cccc(N2CCN(C(=O)[C@H](C)Nc3ccc(C(F)(F)F)cc3[N+](=O)[O-])C[C@H]2C)c1. The molecule has 0 bridgehead atoms. The van der Waals surface area contributed by atoms with Crippen LogP contribution in [-0.4, -0.2) is 47.4 Å². The van der Waals surface area contributed by atoms with Crippen LogP contribution >= 0.6 is 0 Å². The van der Waals surface area contributed by atoms with E-state index in [9.17, 15) is 28.1 Å². The summed E-state index contributed by atoms with van der Waals surface area (Å²) in [5, 5.41) is 14.0. The van der Waals surface area contributed by atoms with E-state index in [1.165, 1.54) is 0 Å². The number of aryl methyl sites for hydroxylation is 1. The van der Waals surface area contributed by atoms with Crippen molar-refractivity contribution in [1.29, 1.82) is 0 Å². The number of carbonyl (C=O) groups is 1. The number of carbonyl (C=O) groups excluding carboxylic acids is 1. The highest BCUT2D eigenvalue weighted by Gasteiger charge is 2.34. The zero-order valence-corrected chi connectivity index (χ0v) is 18.0. The first-order chi connectivity index (χ1) is 15.0. The average Bonchev–Trinajstić information content (AvgIpc) is 2.72. The number of halogens is 3. The number of hydrogen-bond acceptors (Lipinski definition) is 5. The number of rotatable bonds is 5. The minimum Gasteiger partial charge on any atom is -0.368 e. The van der Waals surface area contributed by atoms with E-state index in [0.29, 0.717) is 25.7 Å². The van der Waals surface area contributed by atoms with Crippen molar-refractivity contribution < 1.29 is 22.9 Å². The van der Waals surface area contributed by atoms with Crippen LogP contribution in [0.2, 0.25) is 0 Å². The summed E-state index contributed by atoms with van der Waals surface area (Å²) in [4.78, 5) is 27.2. The first kappa shape index (κ1) is 23.4. The van der Waals surface area contributed by atoms with E-state index in [1.54, 1.807) is 11.8 Å². The molecule has 1 amide bonds. The van der Waals surface area contributed by atoms with Gasteiger partial charge in [0.25, 0.3) is 5.69 Å². The Kier molecular flexibility index (Phi) is 6.61. The standard InChI is InChI=1S/C22H25F3N4O3/c1-14-5-4-6-18(11-14)28-10-9-27(13-15(28)2)21(30)16(3)26-19-8-7-17(22(23,24)25)12-20(19)29(31)32/h4-8,11-12,15-16,26H,9-10,13H2,1-3H3/t15-,16+/m1/s1. The van der Waals surface area contributed by atoms with Gasteiger partial charge in [0.15, 0.2) is 0 Å². The molecule has 7 nitrogen and oxygen atoms in total. The lowest BCUT2D eigenvalue weighted by atomic mass is 10.1. The number of nitro groups is 1. The minimum absolute atomic E-state index is 0.0575. The van der Waals surface area contributed by atoms with E-state index in [2.05, 4.69) is 16.3 Å². The predicted octanol–water partition coefficient (Wildman–Crippen LogP) is 4.46. The van der Waals surface area contributed by atoms with Gasteiger partial charge >= 0.3 is 6.18 Å². The summed E-state index contributed by atoms with van der Waals surface area (Å²) >= 11 is 0. The van der Waals surface area contributed by atoms with Gasteiger partial charge in [0.1, 0.15) is 11.7 Å². The summed E-state index contributed by atoms with van der Waals surface area (Å²) in [6, 6.07) is 9.54. The van der Waals surface area contributed by atoms with Gasteiger partial charge in [-0.05, 0) is 50.6 Å². The third kappa shape index (κ3) is 5.12. The zero-order valence-electron chi connectivity index (χ0n) is 18.0. The van der Waals surface area contributed by atoms with E-state index < -0.39 is 28.4 Å². The minimum atomic E-state index is -4.70. The number of nitrogens with one attached hydrogen (secondary N) is 1. The van der Waals surface area contributed by atoms with Crippen LogP contribution in [0.15, 0.2) is 42.5 Å². The molecule has 2 aromatic carbocycles. The molecule has 172 valence electrons. The molecule has 32 heavy (non-hydrogen) atoms. The van der Waals surface area contributed by atoms with Crippen LogP contribution in [-0.2, 0) is 11.0 Å². The molecular formula is C22H25F3N4O3. The van der Waals surface area contributed by atoms with Crippen LogP contribution < -0.4 is 10.2 Å². The lowest BCUT2D eigenvalue weighted by Crippen LogP contribution is -2.56. The van der Waals surface area contributed by atoms with Crippen molar-refractivity contribution in [1.82, 2.24) is 4.90 Å². The van der Waals surface area contributed by atoms with Gasteiger partial charge in [0.05, 0.1) is 10.5 Å². The highest BCUT2D eigenvalue weighted by Crippen LogP contribution is 2.35. The number of piperazine rings is 1. The van der Waals surface area contributed by atoms with Crippen LogP contribution in [0.5, 0.6) is 0 Å². The molecule has 10 heteroatoms. The maximum atomic E-state index is 12.9. The normalized spacial score (nSPS) is 17.8. The van der Waals surface area contributed by atoms with Crippen LogP contribution in [0.1, 0.15) is 25.0 Å². The van der Waals surface area contributed by atoms with Gasteiger partial charge in [-0.25, -0.2) is 0 Å². The monoisotopic (exact) mass is 450 g/mol. The second kappa shape index (κ2) is 9.05. The summed E-state index contributed by atoms with van der Waals surface area (Å²) < 4.78 is 38.7. The molecule has 1 aliphatic rings. The molecule has 1 fully saturated rings. The van der Waals surface area contributed by atoms with Gasteiger partial charge in [-0.15, -0.1) is 0 Å². The topological polar surface area (TPSA) is 78.7 Å². The Labute approximate surface area is 184 Å². The molecule has 3 rings (SSSR count). The van der Waals surface area contributed by atoms with E-state index >= 15 is 0 Å². The fourth-order valence-corrected chi connectivity index (χ4v) is 3.90. The predicted molar refractivity (Wildman–Crippen MR) is 116 cm³/mol. The largest absolute Gasteiger partial charge is 0.416 e. The molecule has 1 heterocycles. The number of benzene rings is 2. The van der Waals surface area contributed by atoms with Crippen molar-refractivity contribution in [2.45, 2.75) is 39.0 Å². The molecule has 0 unspecified atom stereocenters. The van der Waals surface area contributed by atoms with E-state index in [1.807, 2.05) is 32.0 Å². The first-order valence-corrected chi connectivity index (χ1v) is 10.2. The lowest BCUT2D eigenvalue weighted by Gasteiger charge is -2.42. The van der Waals surface area contributed by atoms with Gasteiger partial charge < -0.3 is 15.1 Å². The molecule has 1 saturated heterocycles. The quantitative estimate of drug-likeness (QED) is 0.538.